The fourth-order valence-corrected chi connectivity index (χ4v) is 2.33. The minimum atomic E-state index is 0.744. The number of rotatable bonds is 14. The molecule has 1 heteroatoms. The monoisotopic (exact) mass is 250 g/mol. The van der Waals surface area contributed by atoms with Gasteiger partial charge in [0.2, 0.25) is 0 Å². The number of unbranched alkanes of at least 4 members (excludes halogenated alkanes) is 14. The van der Waals surface area contributed by atoms with Crippen molar-refractivity contribution in [1.29, 1.82) is 5.26 Å². The molecule has 0 aromatic rings. The van der Waals surface area contributed by atoms with Gasteiger partial charge >= 0.3 is 0 Å². The first-order valence-electron chi connectivity index (χ1n) is 8.08. The van der Waals surface area contributed by atoms with Crippen LogP contribution >= 0.6 is 0 Å². The smallest absolute Gasteiger partial charge is 0.0621 e. The Hall–Kier alpha value is -0.510. The molecule has 0 saturated carbocycles. The molecule has 1 nitrogen and oxygen atoms in total. The molecule has 0 aliphatic rings. The van der Waals surface area contributed by atoms with Crippen molar-refractivity contribution in [3.8, 4) is 6.07 Å². The highest BCUT2D eigenvalue weighted by Gasteiger charge is 1.93. The van der Waals surface area contributed by atoms with E-state index in [1.54, 1.807) is 0 Å². The van der Waals surface area contributed by atoms with E-state index >= 15 is 0 Å². The highest BCUT2D eigenvalue weighted by atomic mass is 14.2. The molecule has 0 heterocycles. The van der Waals surface area contributed by atoms with Crippen molar-refractivity contribution in [3.63, 3.8) is 0 Å². The van der Waals surface area contributed by atoms with Gasteiger partial charge in [-0.05, 0) is 6.42 Å². The summed E-state index contributed by atoms with van der Waals surface area (Å²) in [5, 5.41) is 8.40. The molecule has 0 atom stereocenters. The highest BCUT2D eigenvalue weighted by molar-refractivity contribution is 4.67. The normalized spacial score (nSPS) is 10.4. The Morgan fingerprint density at radius 2 is 0.889 bits per heavy atom. The molecular weight excluding hydrogens is 218 g/mol. The summed E-state index contributed by atoms with van der Waals surface area (Å²) in [6.45, 7) is 3.87. The predicted molar refractivity (Wildman–Crippen MR) is 80.2 cm³/mol. The molecule has 0 aliphatic carbocycles. The van der Waals surface area contributed by atoms with Crippen LogP contribution < -0.4 is 0 Å². The summed E-state index contributed by atoms with van der Waals surface area (Å²) in [5.74, 6) is 0. The number of nitriles is 1. The van der Waals surface area contributed by atoms with Gasteiger partial charge in [0.1, 0.15) is 0 Å². The zero-order valence-electron chi connectivity index (χ0n) is 12.3. The van der Waals surface area contributed by atoms with Crippen LogP contribution in [0.1, 0.15) is 96.3 Å². The third-order valence-electron chi connectivity index (χ3n) is 3.54. The van der Waals surface area contributed by atoms with Crippen molar-refractivity contribution < 1.29 is 0 Å². The Morgan fingerprint density at radius 3 is 1.22 bits per heavy atom. The molecule has 105 valence electrons. The van der Waals surface area contributed by atoms with Gasteiger partial charge in [-0.15, -0.1) is 0 Å². The molecule has 0 rings (SSSR count). The average molecular weight is 250 g/mol. The minimum absolute atomic E-state index is 0.744. The molecule has 18 heavy (non-hydrogen) atoms. The third-order valence-corrected chi connectivity index (χ3v) is 3.54. The van der Waals surface area contributed by atoms with E-state index in [1.807, 2.05) is 0 Å². The highest BCUT2D eigenvalue weighted by Crippen LogP contribution is 2.13. The van der Waals surface area contributed by atoms with Crippen molar-refractivity contribution in [3.05, 3.63) is 6.92 Å². The summed E-state index contributed by atoms with van der Waals surface area (Å²) in [4.78, 5) is 0. The molecule has 0 aromatic heterocycles. The topological polar surface area (TPSA) is 23.8 Å². The summed E-state index contributed by atoms with van der Waals surface area (Å²) in [7, 11) is 0. The van der Waals surface area contributed by atoms with Crippen LogP contribution in [0.15, 0.2) is 0 Å². The minimum Gasteiger partial charge on any atom is -0.198 e. The largest absolute Gasteiger partial charge is 0.198 e. The molecule has 0 aliphatic heterocycles. The van der Waals surface area contributed by atoms with E-state index in [2.05, 4.69) is 13.0 Å². The van der Waals surface area contributed by atoms with Gasteiger partial charge in [-0.2, -0.15) is 5.26 Å². The zero-order valence-corrected chi connectivity index (χ0v) is 12.3. The molecule has 0 spiro atoms. The average Bonchev–Trinajstić information content (AvgIpc) is 2.39. The lowest BCUT2D eigenvalue weighted by molar-refractivity contribution is 0.538. The molecule has 0 saturated heterocycles. The van der Waals surface area contributed by atoms with Gasteiger partial charge < -0.3 is 0 Å². The summed E-state index contributed by atoms with van der Waals surface area (Å²) in [5.41, 5.74) is 0. The van der Waals surface area contributed by atoms with Gasteiger partial charge in [0.05, 0.1) is 6.07 Å². The predicted octanol–water partition coefficient (Wildman–Crippen LogP) is 6.20. The SMILES string of the molecule is [CH2]CCCCCCCCCCCCCCCC#N. The first kappa shape index (κ1) is 17.5. The Labute approximate surface area is 115 Å². The fraction of sp³-hybridized carbons (Fsp3) is 0.882. The number of hydrogen-bond donors (Lipinski definition) is 0. The fourth-order valence-electron chi connectivity index (χ4n) is 2.33. The van der Waals surface area contributed by atoms with Gasteiger partial charge in [0.25, 0.3) is 0 Å². The Kier molecular flexibility index (Phi) is 16.0. The summed E-state index contributed by atoms with van der Waals surface area (Å²) < 4.78 is 0. The van der Waals surface area contributed by atoms with Crippen LogP contribution in [0.4, 0.5) is 0 Å². The van der Waals surface area contributed by atoms with Crippen LogP contribution in [-0.2, 0) is 0 Å². The second-order valence-electron chi connectivity index (χ2n) is 5.36. The van der Waals surface area contributed by atoms with E-state index in [0.717, 1.165) is 19.3 Å². The molecule has 0 bridgehead atoms. The standard InChI is InChI=1S/C17H32N/c1-2-3-4-5-6-7-8-9-10-11-12-13-14-15-16-17-18/h1-16H2. The maximum absolute atomic E-state index is 8.40. The van der Waals surface area contributed by atoms with Crippen molar-refractivity contribution in [2.24, 2.45) is 0 Å². The summed E-state index contributed by atoms with van der Waals surface area (Å²) in [6.07, 6.45) is 19.5. The molecule has 0 fully saturated rings. The van der Waals surface area contributed by atoms with E-state index < -0.39 is 0 Å². The molecular formula is C17H32N. The van der Waals surface area contributed by atoms with Crippen LogP contribution in [0.5, 0.6) is 0 Å². The summed E-state index contributed by atoms with van der Waals surface area (Å²) in [6, 6.07) is 2.21. The lowest BCUT2D eigenvalue weighted by atomic mass is 10.0. The van der Waals surface area contributed by atoms with E-state index in [9.17, 15) is 0 Å². The quantitative estimate of drug-likeness (QED) is 0.337. The van der Waals surface area contributed by atoms with E-state index in [4.69, 9.17) is 5.26 Å². The molecule has 0 amide bonds. The third kappa shape index (κ3) is 15.5. The van der Waals surface area contributed by atoms with Crippen molar-refractivity contribution in [2.45, 2.75) is 96.3 Å². The van der Waals surface area contributed by atoms with E-state index in [0.29, 0.717) is 0 Å². The lowest BCUT2D eigenvalue weighted by Gasteiger charge is -2.02. The van der Waals surface area contributed by atoms with Crippen LogP contribution in [0.2, 0.25) is 0 Å². The zero-order chi connectivity index (χ0) is 13.3. The first-order valence-corrected chi connectivity index (χ1v) is 8.08. The molecule has 0 aromatic carbocycles. The van der Waals surface area contributed by atoms with Crippen LogP contribution in [0, 0.1) is 18.3 Å². The number of nitrogens with zero attached hydrogens (tertiary/aromatic N) is 1. The molecule has 1 radical (unpaired) electrons. The van der Waals surface area contributed by atoms with E-state index in [1.165, 1.54) is 77.0 Å². The maximum atomic E-state index is 8.40. The Morgan fingerprint density at radius 1 is 0.556 bits per heavy atom. The van der Waals surface area contributed by atoms with Crippen molar-refractivity contribution in [1.82, 2.24) is 0 Å². The molecule has 0 unspecified atom stereocenters. The number of hydrogen-bond acceptors (Lipinski definition) is 1. The summed E-state index contributed by atoms with van der Waals surface area (Å²) >= 11 is 0. The van der Waals surface area contributed by atoms with Gasteiger partial charge in [-0.25, -0.2) is 0 Å². The van der Waals surface area contributed by atoms with Gasteiger partial charge in [0.15, 0.2) is 0 Å². The lowest BCUT2D eigenvalue weighted by Crippen LogP contribution is -1.83. The van der Waals surface area contributed by atoms with E-state index in [-0.39, 0.29) is 0 Å². The maximum Gasteiger partial charge on any atom is 0.0621 e. The van der Waals surface area contributed by atoms with Gasteiger partial charge in [-0.1, -0.05) is 90.4 Å². The Balaban J connectivity index is 2.89. The Bertz CT molecular complexity index is 181. The second-order valence-corrected chi connectivity index (χ2v) is 5.36. The first-order chi connectivity index (χ1) is 8.91. The van der Waals surface area contributed by atoms with Crippen LogP contribution in [0.25, 0.3) is 0 Å². The van der Waals surface area contributed by atoms with Crippen LogP contribution in [-0.4, -0.2) is 0 Å². The molecule has 0 N–H and O–H groups in total. The van der Waals surface area contributed by atoms with Gasteiger partial charge in [0, 0.05) is 6.42 Å². The van der Waals surface area contributed by atoms with Crippen molar-refractivity contribution >= 4 is 0 Å². The second kappa shape index (κ2) is 16.5. The van der Waals surface area contributed by atoms with Crippen molar-refractivity contribution in [2.75, 3.05) is 0 Å². The van der Waals surface area contributed by atoms with Crippen LogP contribution in [0.3, 0.4) is 0 Å². The van der Waals surface area contributed by atoms with Gasteiger partial charge in [-0.3, -0.25) is 0 Å².